The molecule has 0 bridgehead atoms. The predicted octanol–water partition coefficient (Wildman–Crippen LogP) is 2.97. The molecular formula is C7H20Br6N2O. The van der Waals surface area contributed by atoms with E-state index in [1.54, 1.807) is 0 Å². The van der Waals surface area contributed by atoms with E-state index >= 15 is 0 Å². The maximum Gasteiger partial charge on any atom is 0.0589 e. The van der Waals surface area contributed by atoms with Crippen LogP contribution in [0.5, 0.6) is 0 Å². The van der Waals surface area contributed by atoms with E-state index in [1.807, 2.05) is 25.4 Å². The van der Waals surface area contributed by atoms with E-state index in [4.69, 9.17) is 5.73 Å². The molecule has 0 saturated heterocycles. The Bertz CT molecular complexity index is 158. The number of nitrogens with zero attached hydrogens (tertiary/aromatic N) is 1. The second kappa shape index (κ2) is 25.8. The lowest BCUT2D eigenvalue weighted by atomic mass is 10.2. The van der Waals surface area contributed by atoms with Gasteiger partial charge in [-0.15, -0.1) is 102 Å². The average Bonchev–Trinajstić information content (AvgIpc) is 1.89. The fourth-order valence-corrected chi connectivity index (χ4v) is 0.869. The summed E-state index contributed by atoms with van der Waals surface area (Å²) >= 11 is 0. The van der Waals surface area contributed by atoms with Crippen molar-refractivity contribution in [3.05, 3.63) is 24.4 Å². The van der Waals surface area contributed by atoms with Crippen molar-refractivity contribution in [3.63, 3.8) is 0 Å². The van der Waals surface area contributed by atoms with Crippen LogP contribution >= 0.6 is 102 Å². The molecule has 106 valence electrons. The molecule has 0 aromatic carbocycles. The monoisotopic (exact) mass is 622 g/mol. The van der Waals surface area contributed by atoms with Crippen molar-refractivity contribution in [3.8, 4) is 0 Å². The van der Waals surface area contributed by atoms with Gasteiger partial charge in [-0.05, 0) is 12.3 Å². The van der Waals surface area contributed by atoms with Crippen LogP contribution in [0.15, 0.2) is 24.4 Å². The SMILES string of the molecule is Br.Br.Br.Br.Br.Br.CN1C=CC=CC1CN.O. The molecule has 3 nitrogen and oxygen atoms in total. The number of hydrogen-bond donors (Lipinski definition) is 1. The van der Waals surface area contributed by atoms with Crippen molar-refractivity contribution in [1.29, 1.82) is 0 Å². The predicted molar refractivity (Wildman–Crippen MR) is 104 cm³/mol. The highest BCUT2D eigenvalue weighted by molar-refractivity contribution is 8.93. The average molecular weight is 628 g/mol. The first-order chi connectivity index (χ1) is 4.34. The fourth-order valence-electron chi connectivity index (χ4n) is 0.869. The number of hydrogen-bond acceptors (Lipinski definition) is 2. The van der Waals surface area contributed by atoms with Crippen molar-refractivity contribution in [1.82, 2.24) is 4.90 Å². The molecule has 0 spiro atoms. The molecule has 1 aliphatic rings. The zero-order valence-corrected chi connectivity index (χ0v) is 18.8. The van der Waals surface area contributed by atoms with Crippen molar-refractivity contribution in [2.45, 2.75) is 6.04 Å². The molecule has 0 aromatic heterocycles. The molecule has 1 heterocycles. The summed E-state index contributed by atoms with van der Waals surface area (Å²) < 4.78 is 0. The number of likely N-dealkylation sites (N-methyl/N-ethyl adjacent to an activating group) is 1. The lowest BCUT2D eigenvalue weighted by Gasteiger charge is -2.24. The normalized spacial score (nSPS) is 14.1. The Morgan fingerprint density at radius 2 is 1.44 bits per heavy atom. The first-order valence-electron chi connectivity index (χ1n) is 3.11. The highest BCUT2D eigenvalue weighted by Crippen LogP contribution is 2.02. The summed E-state index contributed by atoms with van der Waals surface area (Å²) in [4.78, 5) is 2.10. The number of halogens is 6. The van der Waals surface area contributed by atoms with Crippen molar-refractivity contribution < 1.29 is 5.48 Å². The standard InChI is InChI=1S/C7H12N2.6BrH.H2O/c1-9-5-3-2-4-7(9)6-8;;;;;;;/h2-5,7H,6,8H2,1H3;6*1H;1H2. The van der Waals surface area contributed by atoms with Gasteiger partial charge in [-0.2, -0.15) is 0 Å². The summed E-state index contributed by atoms with van der Waals surface area (Å²) in [5, 5.41) is 0. The summed E-state index contributed by atoms with van der Waals surface area (Å²) in [6.45, 7) is 0.692. The minimum atomic E-state index is 0. The van der Waals surface area contributed by atoms with Crippen LogP contribution in [0.4, 0.5) is 0 Å². The van der Waals surface area contributed by atoms with Crippen molar-refractivity contribution >= 4 is 102 Å². The highest BCUT2D eigenvalue weighted by atomic mass is 79.9. The van der Waals surface area contributed by atoms with Gasteiger partial charge < -0.3 is 16.1 Å². The van der Waals surface area contributed by atoms with Crippen LogP contribution in [0, 0.1) is 0 Å². The molecule has 1 rings (SSSR count). The molecule has 0 aliphatic carbocycles. The Kier molecular flexibility index (Phi) is 69.3. The molecule has 0 aromatic rings. The van der Waals surface area contributed by atoms with E-state index in [0.717, 1.165) is 0 Å². The van der Waals surface area contributed by atoms with Gasteiger partial charge in [0, 0.05) is 13.6 Å². The molecule has 1 aliphatic heterocycles. The van der Waals surface area contributed by atoms with Crippen LogP contribution in [0.3, 0.4) is 0 Å². The minimum absolute atomic E-state index is 0. The van der Waals surface area contributed by atoms with Gasteiger partial charge in [0.1, 0.15) is 0 Å². The number of nitrogens with two attached hydrogens (primary N) is 1. The zero-order valence-electron chi connectivity index (χ0n) is 8.57. The first-order valence-corrected chi connectivity index (χ1v) is 3.11. The van der Waals surface area contributed by atoms with Crippen LogP contribution < -0.4 is 5.73 Å². The third-order valence-corrected chi connectivity index (χ3v) is 1.53. The van der Waals surface area contributed by atoms with E-state index in [-0.39, 0.29) is 107 Å². The molecule has 9 heteroatoms. The largest absolute Gasteiger partial charge is 0.412 e. The maximum atomic E-state index is 5.47. The van der Waals surface area contributed by atoms with Gasteiger partial charge >= 0.3 is 0 Å². The summed E-state index contributed by atoms with van der Waals surface area (Å²) in [5.74, 6) is 0. The molecule has 0 radical (unpaired) electrons. The van der Waals surface area contributed by atoms with Gasteiger partial charge in [0.2, 0.25) is 0 Å². The quantitative estimate of drug-likeness (QED) is 0.487. The lowest BCUT2D eigenvalue weighted by molar-refractivity contribution is 0.386. The van der Waals surface area contributed by atoms with Crippen LogP contribution in [0.25, 0.3) is 0 Å². The number of rotatable bonds is 1. The Balaban J connectivity index is -0.0000000231. The molecule has 0 amide bonds. The Morgan fingerprint density at radius 1 is 1.00 bits per heavy atom. The van der Waals surface area contributed by atoms with Gasteiger partial charge in [0.05, 0.1) is 6.04 Å². The van der Waals surface area contributed by atoms with Gasteiger partial charge in [-0.1, -0.05) is 12.2 Å². The number of allylic oxidation sites excluding steroid dienone is 2. The maximum absolute atomic E-state index is 5.47. The lowest BCUT2D eigenvalue weighted by Crippen LogP contribution is -2.33. The fraction of sp³-hybridized carbons (Fsp3) is 0.429. The van der Waals surface area contributed by atoms with Gasteiger partial charge in [-0.3, -0.25) is 0 Å². The summed E-state index contributed by atoms with van der Waals surface area (Å²) in [6, 6.07) is 0.398. The van der Waals surface area contributed by atoms with Crippen LogP contribution in [-0.4, -0.2) is 30.0 Å². The topological polar surface area (TPSA) is 60.8 Å². The van der Waals surface area contributed by atoms with Crippen molar-refractivity contribution in [2.24, 2.45) is 5.73 Å². The van der Waals surface area contributed by atoms with E-state index in [1.165, 1.54) is 0 Å². The Morgan fingerprint density at radius 3 is 1.69 bits per heavy atom. The minimum Gasteiger partial charge on any atom is -0.412 e. The molecule has 0 saturated carbocycles. The van der Waals surface area contributed by atoms with Gasteiger partial charge in [0.25, 0.3) is 0 Å². The summed E-state index contributed by atoms with van der Waals surface area (Å²) in [6.07, 6.45) is 8.15. The molecular weight excluding hydrogens is 608 g/mol. The molecule has 1 atom stereocenters. The van der Waals surface area contributed by atoms with Crippen LogP contribution in [-0.2, 0) is 0 Å². The molecule has 4 N–H and O–H groups in total. The molecule has 1 unspecified atom stereocenters. The van der Waals surface area contributed by atoms with Crippen LogP contribution in [0.1, 0.15) is 0 Å². The van der Waals surface area contributed by atoms with Gasteiger partial charge in [-0.25, -0.2) is 0 Å². The van der Waals surface area contributed by atoms with Crippen molar-refractivity contribution in [2.75, 3.05) is 13.6 Å². The second-order valence-corrected chi connectivity index (χ2v) is 2.19. The Hall–Kier alpha value is 2.08. The smallest absolute Gasteiger partial charge is 0.0589 e. The van der Waals surface area contributed by atoms with E-state index in [0.29, 0.717) is 12.6 Å². The van der Waals surface area contributed by atoms with E-state index in [2.05, 4.69) is 11.0 Å². The molecule has 16 heavy (non-hydrogen) atoms. The highest BCUT2D eigenvalue weighted by Gasteiger charge is 2.05. The first kappa shape index (κ1) is 43.0. The van der Waals surface area contributed by atoms with E-state index < -0.39 is 0 Å². The van der Waals surface area contributed by atoms with E-state index in [9.17, 15) is 0 Å². The summed E-state index contributed by atoms with van der Waals surface area (Å²) in [5.41, 5.74) is 5.47. The van der Waals surface area contributed by atoms with Gasteiger partial charge in [0.15, 0.2) is 0 Å². The van der Waals surface area contributed by atoms with Crippen LogP contribution in [0.2, 0.25) is 0 Å². The summed E-state index contributed by atoms with van der Waals surface area (Å²) in [7, 11) is 2.03. The molecule has 0 fully saturated rings. The Labute approximate surface area is 160 Å². The zero-order chi connectivity index (χ0) is 6.69. The third-order valence-electron chi connectivity index (χ3n) is 1.53. The second-order valence-electron chi connectivity index (χ2n) is 2.19. The third kappa shape index (κ3) is 16.1.